The van der Waals surface area contributed by atoms with Gasteiger partial charge in [-0.3, -0.25) is 0 Å². The minimum atomic E-state index is 0.775. The van der Waals surface area contributed by atoms with Gasteiger partial charge in [-0.15, -0.1) is 0 Å². The quantitative estimate of drug-likeness (QED) is 0.781. The van der Waals surface area contributed by atoms with Gasteiger partial charge in [0.05, 0.1) is 7.11 Å². The lowest BCUT2D eigenvalue weighted by atomic mass is 10.1. The van der Waals surface area contributed by atoms with Gasteiger partial charge in [-0.1, -0.05) is 15.9 Å². The summed E-state index contributed by atoms with van der Waals surface area (Å²) in [6.45, 7) is 0. The second kappa shape index (κ2) is 2.50. The summed E-state index contributed by atoms with van der Waals surface area (Å²) in [5.41, 5.74) is 4.30. The highest BCUT2D eigenvalue weighted by atomic mass is 79.9. The highest BCUT2D eigenvalue weighted by Gasteiger charge is 2.34. The first kappa shape index (κ1) is 7.86. The van der Waals surface area contributed by atoms with Crippen molar-refractivity contribution in [1.29, 1.82) is 0 Å². The van der Waals surface area contributed by atoms with E-state index in [1.807, 2.05) is 0 Å². The van der Waals surface area contributed by atoms with Crippen LogP contribution in [-0.4, -0.2) is 7.11 Å². The van der Waals surface area contributed by atoms with Gasteiger partial charge in [0.2, 0.25) is 0 Å². The van der Waals surface area contributed by atoms with E-state index in [1.54, 1.807) is 7.11 Å². The van der Waals surface area contributed by atoms with Crippen LogP contribution in [-0.2, 0) is 6.42 Å². The maximum atomic E-state index is 5.46. The molecule has 0 radical (unpaired) electrons. The number of methoxy groups -OCH3 is 1. The van der Waals surface area contributed by atoms with Crippen molar-refractivity contribution in [2.24, 2.45) is 0 Å². The van der Waals surface area contributed by atoms with Gasteiger partial charge in [-0.25, -0.2) is 0 Å². The molecule has 2 heteroatoms. The first-order valence-corrected chi connectivity index (χ1v) is 5.48. The van der Waals surface area contributed by atoms with Gasteiger partial charge >= 0.3 is 0 Å². The van der Waals surface area contributed by atoms with Gasteiger partial charge in [0.25, 0.3) is 0 Å². The van der Waals surface area contributed by atoms with E-state index in [-0.39, 0.29) is 0 Å². The smallest absolute Gasteiger partial charge is 0.126 e. The number of hydrogen-bond donors (Lipinski definition) is 0. The standard InChI is InChI=1S/C11H11BrO/c1-13-11-7(6-2-3-6)5-10(12)8-4-9(8)11/h5-6H,2-4H2,1H3. The van der Waals surface area contributed by atoms with E-state index in [2.05, 4.69) is 22.0 Å². The summed E-state index contributed by atoms with van der Waals surface area (Å²) >= 11 is 3.60. The normalized spacial score (nSPS) is 18.3. The zero-order valence-electron chi connectivity index (χ0n) is 7.56. The molecular formula is C11H11BrO. The van der Waals surface area contributed by atoms with Crippen LogP contribution in [0.5, 0.6) is 5.75 Å². The summed E-state index contributed by atoms with van der Waals surface area (Å²) in [5.74, 6) is 1.94. The Kier molecular flexibility index (Phi) is 1.51. The molecule has 2 aliphatic carbocycles. The summed E-state index contributed by atoms with van der Waals surface area (Å²) in [5, 5.41) is 0. The Labute approximate surface area is 86.2 Å². The molecule has 0 heterocycles. The van der Waals surface area contributed by atoms with E-state index in [4.69, 9.17) is 4.74 Å². The van der Waals surface area contributed by atoms with Crippen LogP contribution in [0.25, 0.3) is 0 Å². The molecule has 0 spiro atoms. The molecule has 0 bridgehead atoms. The summed E-state index contributed by atoms with van der Waals surface area (Å²) in [6, 6.07) is 2.25. The van der Waals surface area contributed by atoms with Gasteiger partial charge in [0.1, 0.15) is 5.75 Å². The van der Waals surface area contributed by atoms with Crippen LogP contribution in [0, 0.1) is 0 Å². The molecule has 1 nitrogen and oxygen atoms in total. The Bertz CT molecular complexity index is 380. The molecule has 1 aromatic carbocycles. The van der Waals surface area contributed by atoms with Crippen LogP contribution >= 0.6 is 15.9 Å². The van der Waals surface area contributed by atoms with E-state index in [1.165, 1.54) is 39.8 Å². The molecule has 0 aliphatic heterocycles. The van der Waals surface area contributed by atoms with Crippen LogP contribution in [0.2, 0.25) is 0 Å². The third-order valence-corrected chi connectivity index (χ3v) is 3.63. The molecule has 2 aliphatic rings. The number of ether oxygens (including phenoxy) is 1. The number of hydrogen-bond acceptors (Lipinski definition) is 1. The Morgan fingerprint density at radius 1 is 1.38 bits per heavy atom. The maximum absolute atomic E-state index is 5.46. The maximum Gasteiger partial charge on any atom is 0.126 e. The second-order valence-electron chi connectivity index (χ2n) is 3.89. The van der Waals surface area contributed by atoms with Gasteiger partial charge in [0, 0.05) is 16.5 Å². The second-order valence-corrected chi connectivity index (χ2v) is 4.74. The van der Waals surface area contributed by atoms with Gasteiger partial charge in [-0.2, -0.15) is 0 Å². The van der Waals surface area contributed by atoms with E-state index < -0.39 is 0 Å². The van der Waals surface area contributed by atoms with Gasteiger partial charge in [-0.05, 0) is 36.0 Å². The minimum Gasteiger partial charge on any atom is -0.496 e. The Morgan fingerprint density at radius 2 is 2.15 bits per heavy atom. The molecule has 13 heavy (non-hydrogen) atoms. The monoisotopic (exact) mass is 238 g/mol. The Balaban J connectivity index is 2.16. The molecule has 0 atom stereocenters. The zero-order chi connectivity index (χ0) is 9.00. The van der Waals surface area contributed by atoms with Gasteiger partial charge < -0.3 is 4.74 Å². The molecule has 3 rings (SSSR count). The van der Waals surface area contributed by atoms with Crippen LogP contribution in [0.15, 0.2) is 10.5 Å². The van der Waals surface area contributed by atoms with Crippen molar-refractivity contribution in [2.45, 2.75) is 25.2 Å². The third-order valence-electron chi connectivity index (χ3n) is 2.92. The van der Waals surface area contributed by atoms with Crippen LogP contribution < -0.4 is 4.74 Å². The largest absolute Gasteiger partial charge is 0.496 e. The fraction of sp³-hybridized carbons (Fsp3) is 0.455. The molecule has 0 saturated heterocycles. The molecule has 0 unspecified atom stereocenters. The molecule has 68 valence electrons. The number of halogens is 1. The van der Waals surface area contributed by atoms with Crippen molar-refractivity contribution in [3.8, 4) is 5.75 Å². The van der Waals surface area contributed by atoms with Gasteiger partial charge in [0.15, 0.2) is 0 Å². The minimum absolute atomic E-state index is 0.775. The predicted octanol–water partition coefficient (Wildman–Crippen LogP) is 3.24. The highest BCUT2D eigenvalue weighted by molar-refractivity contribution is 9.10. The summed E-state index contributed by atoms with van der Waals surface area (Å²) < 4.78 is 6.75. The van der Waals surface area contributed by atoms with Crippen molar-refractivity contribution in [1.82, 2.24) is 0 Å². The highest BCUT2D eigenvalue weighted by Crippen LogP contribution is 2.52. The average molecular weight is 239 g/mol. The predicted molar refractivity (Wildman–Crippen MR) is 55.5 cm³/mol. The summed E-state index contributed by atoms with van der Waals surface area (Å²) in [7, 11) is 1.79. The lowest BCUT2D eigenvalue weighted by Gasteiger charge is -2.06. The van der Waals surface area contributed by atoms with Crippen molar-refractivity contribution in [3.63, 3.8) is 0 Å². The van der Waals surface area contributed by atoms with Crippen molar-refractivity contribution in [3.05, 3.63) is 27.2 Å². The molecule has 0 aromatic heterocycles. The molecule has 0 amide bonds. The molecule has 1 saturated carbocycles. The van der Waals surface area contributed by atoms with Crippen molar-refractivity contribution < 1.29 is 4.74 Å². The first-order valence-electron chi connectivity index (χ1n) is 4.69. The first-order chi connectivity index (χ1) is 6.31. The van der Waals surface area contributed by atoms with Crippen molar-refractivity contribution >= 4 is 15.9 Å². The molecule has 1 fully saturated rings. The van der Waals surface area contributed by atoms with E-state index >= 15 is 0 Å². The fourth-order valence-corrected chi connectivity index (χ4v) is 2.61. The topological polar surface area (TPSA) is 9.23 Å². The lowest BCUT2D eigenvalue weighted by molar-refractivity contribution is 0.409. The van der Waals surface area contributed by atoms with Crippen molar-refractivity contribution in [2.75, 3.05) is 7.11 Å². The van der Waals surface area contributed by atoms with Crippen LogP contribution in [0.1, 0.15) is 35.4 Å². The summed E-state index contributed by atoms with van der Waals surface area (Å²) in [6.07, 6.45) is 3.79. The fourth-order valence-electron chi connectivity index (χ4n) is 1.98. The Morgan fingerprint density at radius 3 is 2.77 bits per heavy atom. The SMILES string of the molecule is COc1c(C2CC2)cc(Br)c2c1C2. The molecule has 0 N–H and O–H groups in total. The Hall–Kier alpha value is -0.500. The lowest BCUT2D eigenvalue weighted by Crippen LogP contribution is -1.89. The van der Waals surface area contributed by atoms with Crippen LogP contribution in [0.3, 0.4) is 0 Å². The average Bonchev–Trinajstić information content (AvgIpc) is 2.98. The van der Waals surface area contributed by atoms with E-state index in [9.17, 15) is 0 Å². The summed E-state index contributed by atoms with van der Waals surface area (Å²) in [4.78, 5) is 0. The molecule has 1 aromatic rings. The number of rotatable bonds is 2. The third kappa shape index (κ3) is 1.12. The van der Waals surface area contributed by atoms with Crippen LogP contribution in [0.4, 0.5) is 0 Å². The van der Waals surface area contributed by atoms with E-state index in [0.29, 0.717) is 0 Å². The zero-order valence-corrected chi connectivity index (χ0v) is 9.15. The molecular weight excluding hydrogens is 228 g/mol. The number of benzene rings is 1. The van der Waals surface area contributed by atoms with E-state index in [0.717, 1.165) is 12.3 Å². The number of fused-ring (bicyclic) bond motifs is 1.